The molecule has 1 aromatic carbocycles. The highest BCUT2D eigenvalue weighted by Gasteiger charge is 2.22. The number of hydrogen-bond donors (Lipinski definition) is 1. The Hall–Kier alpha value is -0.640. The van der Waals surface area contributed by atoms with Gasteiger partial charge in [0, 0.05) is 6.04 Å². The Balaban J connectivity index is 1.90. The van der Waals surface area contributed by atoms with Gasteiger partial charge in [0.1, 0.15) is 5.82 Å². The number of nitrogens with two attached hydrogens (primary N) is 1. The third kappa shape index (κ3) is 3.41. The number of hydrogen-bond acceptors (Lipinski definition) is 2. The van der Waals surface area contributed by atoms with Gasteiger partial charge in [-0.1, -0.05) is 30.5 Å². The number of halogens is 2. The highest BCUT2D eigenvalue weighted by Crippen LogP contribution is 2.22. The Morgan fingerprint density at radius 3 is 2.82 bits per heavy atom. The van der Waals surface area contributed by atoms with Crippen molar-refractivity contribution in [3.63, 3.8) is 0 Å². The van der Waals surface area contributed by atoms with Gasteiger partial charge in [-0.25, -0.2) is 4.39 Å². The van der Waals surface area contributed by atoms with E-state index in [1.165, 1.54) is 18.9 Å². The fourth-order valence-corrected chi connectivity index (χ4v) is 2.37. The third-order valence-electron chi connectivity index (χ3n) is 3.20. The Morgan fingerprint density at radius 2 is 2.12 bits per heavy atom. The van der Waals surface area contributed by atoms with Crippen molar-refractivity contribution in [3.8, 4) is 0 Å². The summed E-state index contributed by atoms with van der Waals surface area (Å²) in [6.45, 7) is 0.443. The minimum absolute atomic E-state index is 0.118. The summed E-state index contributed by atoms with van der Waals surface area (Å²) in [4.78, 5) is 0. The van der Waals surface area contributed by atoms with E-state index in [0.29, 0.717) is 6.61 Å². The molecule has 0 bridgehead atoms. The lowest BCUT2D eigenvalue weighted by molar-refractivity contribution is 0.00403. The van der Waals surface area contributed by atoms with Crippen LogP contribution in [0.15, 0.2) is 18.2 Å². The lowest BCUT2D eigenvalue weighted by Gasteiger charge is -2.28. The van der Waals surface area contributed by atoms with E-state index < -0.39 is 5.82 Å². The molecule has 1 saturated carbocycles. The maximum absolute atomic E-state index is 13.0. The van der Waals surface area contributed by atoms with Crippen molar-refractivity contribution in [1.82, 2.24) is 0 Å². The SMILES string of the molecule is NC1CCCCC1OCc1ccc(F)c(Cl)c1. The zero-order valence-electron chi connectivity index (χ0n) is 9.66. The van der Waals surface area contributed by atoms with Crippen molar-refractivity contribution in [2.45, 2.75) is 44.4 Å². The molecule has 0 amide bonds. The molecule has 2 N–H and O–H groups in total. The summed E-state index contributed by atoms with van der Waals surface area (Å²) in [7, 11) is 0. The van der Waals surface area contributed by atoms with Crippen molar-refractivity contribution in [3.05, 3.63) is 34.6 Å². The molecule has 17 heavy (non-hydrogen) atoms. The van der Waals surface area contributed by atoms with Gasteiger partial charge in [-0.2, -0.15) is 0 Å². The van der Waals surface area contributed by atoms with Gasteiger partial charge in [0.15, 0.2) is 0 Å². The predicted molar refractivity (Wildman–Crippen MR) is 66.4 cm³/mol. The summed E-state index contributed by atoms with van der Waals surface area (Å²) in [5.74, 6) is -0.398. The van der Waals surface area contributed by atoms with E-state index in [-0.39, 0.29) is 17.2 Å². The smallest absolute Gasteiger partial charge is 0.141 e. The lowest BCUT2D eigenvalue weighted by atomic mass is 9.93. The molecule has 0 saturated heterocycles. The summed E-state index contributed by atoms with van der Waals surface area (Å²) in [6, 6.07) is 4.78. The molecule has 1 fully saturated rings. The maximum atomic E-state index is 13.0. The number of rotatable bonds is 3. The Labute approximate surface area is 106 Å². The molecule has 0 radical (unpaired) electrons. The van der Waals surface area contributed by atoms with Gasteiger partial charge in [0.2, 0.25) is 0 Å². The van der Waals surface area contributed by atoms with Crippen LogP contribution < -0.4 is 5.73 Å². The number of ether oxygens (including phenoxy) is 1. The molecule has 1 aromatic rings. The van der Waals surface area contributed by atoms with Crippen molar-refractivity contribution < 1.29 is 9.13 Å². The van der Waals surface area contributed by atoms with Gasteiger partial charge in [0.05, 0.1) is 17.7 Å². The van der Waals surface area contributed by atoms with Gasteiger partial charge in [0.25, 0.3) is 0 Å². The molecule has 0 spiro atoms. The van der Waals surface area contributed by atoms with Crippen LogP contribution in [0.25, 0.3) is 0 Å². The highest BCUT2D eigenvalue weighted by molar-refractivity contribution is 6.30. The molecule has 4 heteroatoms. The highest BCUT2D eigenvalue weighted by atomic mass is 35.5. The van der Waals surface area contributed by atoms with E-state index in [9.17, 15) is 4.39 Å². The largest absolute Gasteiger partial charge is 0.372 e. The minimum atomic E-state index is -0.398. The second-order valence-electron chi connectivity index (χ2n) is 4.55. The second-order valence-corrected chi connectivity index (χ2v) is 4.95. The van der Waals surface area contributed by atoms with Crippen LogP contribution in [-0.2, 0) is 11.3 Å². The average Bonchev–Trinajstić information content (AvgIpc) is 2.32. The van der Waals surface area contributed by atoms with E-state index >= 15 is 0 Å². The van der Waals surface area contributed by atoms with Crippen LogP contribution in [0.3, 0.4) is 0 Å². The molecule has 1 aliphatic carbocycles. The zero-order valence-corrected chi connectivity index (χ0v) is 10.4. The van der Waals surface area contributed by atoms with Crippen LogP contribution in [0, 0.1) is 5.82 Å². The normalized spacial score (nSPS) is 24.9. The van der Waals surface area contributed by atoms with Crippen LogP contribution in [0.2, 0.25) is 5.02 Å². The first-order valence-corrected chi connectivity index (χ1v) is 6.36. The summed E-state index contributed by atoms with van der Waals surface area (Å²) < 4.78 is 18.7. The standard InChI is InChI=1S/C13H17ClFNO/c14-10-7-9(5-6-11(10)15)8-17-13-4-2-1-3-12(13)16/h5-7,12-13H,1-4,8,16H2. The summed E-state index contributed by atoms with van der Waals surface area (Å²) >= 11 is 5.71. The second kappa shape index (κ2) is 5.80. The monoisotopic (exact) mass is 257 g/mol. The Bertz CT molecular complexity index is 386. The van der Waals surface area contributed by atoms with Crippen LogP contribution in [-0.4, -0.2) is 12.1 Å². The van der Waals surface area contributed by atoms with Crippen molar-refractivity contribution in [2.24, 2.45) is 5.73 Å². The summed E-state index contributed by atoms with van der Waals surface area (Å²) in [6.07, 6.45) is 4.50. The number of benzene rings is 1. The quantitative estimate of drug-likeness (QED) is 0.902. The van der Waals surface area contributed by atoms with Gasteiger partial charge in [-0.3, -0.25) is 0 Å². The lowest BCUT2D eigenvalue weighted by Crippen LogP contribution is -2.39. The van der Waals surface area contributed by atoms with Crippen molar-refractivity contribution in [2.75, 3.05) is 0 Å². The van der Waals surface area contributed by atoms with Gasteiger partial charge in [-0.05, 0) is 30.5 Å². The third-order valence-corrected chi connectivity index (χ3v) is 3.49. The van der Waals surface area contributed by atoms with Crippen LogP contribution in [0.4, 0.5) is 4.39 Å². The van der Waals surface area contributed by atoms with Crippen LogP contribution >= 0.6 is 11.6 Å². The zero-order chi connectivity index (χ0) is 12.3. The molecule has 0 aliphatic heterocycles. The molecule has 2 unspecified atom stereocenters. The van der Waals surface area contributed by atoms with E-state index in [4.69, 9.17) is 22.1 Å². The molecule has 2 atom stereocenters. The van der Waals surface area contributed by atoms with Crippen LogP contribution in [0.5, 0.6) is 0 Å². The molecule has 94 valence electrons. The topological polar surface area (TPSA) is 35.2 Å². The Morgan fingerprint density at radius 1 is 1.35 bits per heavy atom. The van der Waals surface area contributed by atoms with Gasteiger partial charge < -0.3 is 10.5 Å². The minimum Gasteiger partial charge on any atom is -0.372 e. The molecule has 2 nitrogen and oxygen atoms in total. The fraction of sp³-hybridized carbons (Fsp3) is 0.538. The molecule has 0 heterocycles. The first kappa shape index (κ1) is 12.8. The first-order valence-electron chi connectivity index (χ1n) is 5.98. The van der Waals surface area contributed by atoms with Crippen molar-refractivity contribution in [1.29, 1.82) is 0 Å². The Kier molecular flexibility index (Phi) is 4.37. The van der Waals surface area contributed by atoms with E-state index in [2.05, 4.69) is 0 Å². The molecule has 0 aromatic heterocycles. The molecular weight excluding hydrogens is 241 g/mol. The maximum Gasteiger partial charge on any atom is 0.141 e. The fourth-order valence-electron chi connectivity index (χ4n) is 2.17. The van der Waals surface area contributed by atoms with Crippen LogP contribution in [0.1, 0.15) is 31.2 Å². The molecular formula is C13H17ClFNO. The van der Waals surface area contributed by atoms with Gasteiger partial charge in [-0.15, -0.1) is 0 Å². The summed E-state index contributed by atoms with van der Waals surface area (Å²) in [5.41, 5.74) is 6.87. The average molecular weight is 258 g/mol. The molecule has 2 rings (SSSR count). The van der Waals surface area contributed by atoms with Crippen molar-refractivity contribution >= 4 is 11.6 Å². The van der Waals surface area contributed by atoms with E-state index in [1.807, 2.05) is 0 Å². The van der Waals surface area contributed by atoms with E-state index in [0.717, 1.165) is 18.4 Å². The first-order chi connectivity index (χ1) is 8.16. The van der Waals surface area contributed by atoms with E-state index in [1.54, 1.807) is 12.1 Å². The predicted octanol–water partition coefficient (Wildman–Crippen LogP) is 3.27. The summed E-state index contributed by atoms with van der Waals surface area (Å²) in [5, 5.41) is 0.138. The molecule has 1 aliphatic rings. The van der Waals surface area contributed by atoms with Gasteiger partial charge >= 0.3 is 0 Å².